The van der Waals surface area contributed by atoms with Crippen LogP contribution in [-0.4, -0.2) is 95.4 Å². The van der Waals surface area contributed by atoms with Crippen LogP contribution >= 0.6 is 0 Å². The summed E-state index contributed by atoms with van der Waals surface area (Å²) in [6, 6.07) is -0.937. The first-order valence-electron chi connectivity index (χ1n) is 24.6. The van der Waals surface area contributed by atoms with Crippen molar-refractivity contribution in [2.75, 3.05) is 13.2 Å². The molecule has 1 aliphatic heterocycles. The monoisotopic (exact) mass is 878 g/mol. The molecule has 1 saturated heterocycles. The van der Waals surface area contributed by atoms with E-state index >= 15 is 0 Å². The molecule has 0 aromatic carbocycles. The third kappa shape index (κ3) is 30.8. The largest absolute Gasteiger partial charge is 0.397 e. The van der Waals surface area contributed by atoms with Crippen molar-refractivity contribution < 1.29 is 51.8 Å². The van der Waals surface area contributed by atoms with E-state index in [2.05, 4.69) is 23.3 Å². The molecule has 356 valence electrons. The van der Waals surface area contributed by atoms with Crippen LogP contribution < -0.4 is 5.32 Å². The van der Waals surface area contributed by atoms with Crippen molar-refractivity contribution in [3.8, 4) is 0 Å². The zero-order chi connectivity index (χ0) is 44.1. The second kappa shape index (κ2) is 38.3. The van der Waals surface area contributed by atoms with E-state index in [-0.39, 0.29) is 18.9 Å². The third-order valence-corrected chi connectivity index (χ3v) is 12.3. The average molecular weight is 878 g/mol. The lowest BCUT2D eigenvalue weighted by molar-refractivity contribution is -0.298. The highest BCUT2D eigenvalue weighted by molar-refractivity contribution is 7.80. The molecule has 0 bridgehead atoms. The van der Waals surface area contributed by atoms with E-state index in [1.807, 2.05) is 6.08 Å². The maximum absolute atomic E-state index is 13.0. The van der Waals surface area contributed by atoms with Gasteiger partial charge in [-0.05, 0) is 19.3 Å². The number of carbonyl (C=O) groups is 1. The van der Waals surface area contributed by atoms with E-state index in [0.29, 0.717) is 6.42 Å². The van der Waals surface area contributed by atoms with Crippen molar-refractivity contribution >= 4 is 16.3 Å². The van der Waals surface area contributed by atoms with Gasteiger partial charge in [-0.25, -0.2) is 4.18 Å². The Labute approximate surface area is 366 Å². The molecule has 1 heterocycles. The molecule has 0 aromatic rings. The molecule has 13 heteroatoms. The number of ether oxygens (including phenoxy) is 2. The van der Waals surface area contributed by atoms with Crippen LogP contribution in [-0.2, 0) is 28.9 Å². The highest BCUT2D eigenvalue weighted by atomic mass is 32.3. The van der Waals surface area contributed by atoms with Gasteiger partial charge in [0.05, 0.1) is 25.4 Å². The number of nitrogens with one attached hydrogen (secondary N) is 1. The van der Waals surface area contributed by atoms with Gasteiger partial charge in [0.25, 0.3) is 0 Å². The molecule has 0 saturated carbocycles. The summed E-state index contributed by atoms with van der Waals surface area (Å²) in [5, 5.41) is 44.7. The van der Waals surface area contributed by atoms with Gasteiger partial charge in [0.2, 0.25) is 5.91 Å². The summed E-state index contributed by atoms with van der Waals surface area (Å²) in [5.74, 6) is -0.262. The molecule has 7 unspecified atom stereocenters. The molecule has 60 heavy (non-hydrogen) atoms. The number of aliphatic hydroxyl groups is 4. The summed E-state index contributed by atoms with van der Waals surface area (Å²) < 4.78 is 47.6. The Kier molecular flexibility index (Phi) is 36.3. The molecular weight excluding hydrogens is 787 g/mol. The Morgan fingerprint density at radius 1 is 0.650 bits per heavy atom. The molecule has 0 aromatic heterocycles. The van der Waals surface area contributed by atoms with Crippen molar-refractivity contribution in [2.24, 2.45) is 0 Å². The molecule has 0 radical (unpaired) electrons. The van der Waals surface area contributed by atoms with Gasteiger partial charge in [0, 0.05) is 6.42 Å². The van der Waals surface area contributed by atoms with Gasteiger partial charge in [-0.2, -0.15) is 8.42 Å². The molecular formula is C47H91NO11S. The van der Waals surface area contributed by atoms with Crippen molar-refractivity contribution in [2.45, 2.75) is 269 Å². The minimum absolute atomic E-state index is 0.262. The minimum atomic E-state index is -5.08. The molecule has 0 spiro atoms. The predicted octanol–water partition coefficient (Wildman–Crippen LogP) is 9.95. The van der Waals surface area contributed by atoms with Crippen LogP contribution in [0.2, 0.25) is 0 Å². The Morgan fingerprint density at radius 2 is 1.05 bits per heavy atom. The van der Waals surface area contributed by atoms with Crippen LogP contribution in [0.1, 0.15) is 226 Å². The minimum Gasteiger partial charge on any atom is -0.394 e. The smallest absolute Gasteiger partial charge is 0.394 e. The van der Waals surface area contributed by atoms with E-state index in [1.165, 1.54) is 161 Å². The van der Waals surface area contributed by atoms with E-state index in [9.17, 15) is 38.2 Å². The average Bonchev–Trinajstić information content (AvgIpc) is 3.22. The standard InChI is InChI=1S/C47H91NO11S/c1-3-5-7-9-11-13-15-16-17-18-19-20-21-22-23-24-25-27-28-30-32-34-36-41(50)40(48-43(51)37-35-33-31-29-26-14-12-10-8-6-4-2)39-57-47-45(53)46(59-60(54,55)56)44(52)42(38-49)58-47/h34,36,40-42,44-47,49-50,52-53H,3-33,35,37-39H2,1-2H3,(H,48,51)(H,54,55,56)/b36-34+. The highest BCUT2D eigenvalue weighted by Gasteiger charge is 2.48. The number of allylic oxidation sites excluding steroid dienone is 1. The molecule has 1 aliphatic rings. The second-order valence-corrected chi connectivity index (χ2v) is 18.5. The first-order chi connectivity index (χ1) is 29.0. The fraction of sp³-hybridized carbons (Fsp3) is 0.936. The summed E-state index contributed by atoms with van der Waals surface area (Å²) in [5.41, 5.74) is 0. The number of hydrogen-bond acceptors (Lipinski definition) is 10. The van der Waals surface area contributed by atoms with Gasteiger partial charge in [-0.1, -0.05) is 212 Å². The number of carbonyl (C=O) groups excluding carboxylic acids is 1. The van der Waals surface area contributed by atoms with Gasteiger partial charge in [-0.3, -0.25) is 9.35 Å². The zero-order valence-corrected chi connectivity index (χ0v) is 38.9. The van der Waals surface area contributed by atoms with Crippen molar-refractivity contribution in [3.63, 3.8) is 0 Å². The third-order valence-electron chi connectivity index (χ3n) is 11.8. The van der Waals surface area contributed by atoms with Crippen LogP contribution in [0.15, 0.2) is 12.2 Å². The molecule has 0 aliphatic carbocycles. The summed E-state index contributed by atoms with van der Waals surface area (Å²) >= 11 is 0. The Hall–Kier alpha value is -1.16. The zero-order valence-electron chi connectivity index (χ0n) is 38.0. The Balaban J connectivity index is 2.43. The number of unbranched alkanes of at least 4 members (excludes halogenated alkanes) is 30. The van der Waals surface area contributed by atoms with Crippen molar-refractivity contribution in [1.29, 1.82) is 0 Å². The maximum Gasteiger partial charge on any atom is 0.397 e. The first kappa shape index (κ1) is 56.9. The van der Waals surface area contributed by atoms with E-state index in [1.54, 1.807) is 6.08 Å². The van der Waals surface area contributed by atoms with Crippen molar-refractivity contribution in [3.05, 3.63) is 12.2 Å². The number of hydrogen-bond donors (Lipinski definition) is 6. The summed E-state index contributed by atoms with van der Waals surface area (Å²) in [4.78, 5) is 13.0. The Bertz CT molecular complexity index is 1130. The van der Waals surface area contributed by atoms with E-state index in [0.717, 1.165) is 38.5 Å². The lowest BCUT2D eigenvalue weighted by atomic mass is 9.99. The lowest BCUT2D eigenvalue weighted by Gasteiger charge is -2.41. The highest BCUT2D eigenvalue weighted by Crippen LogP contribution is 2.26. The first-order valence-corrected chi connectivity index (χ1v) is 25.9. The van der Waals surface area contributed by atoms with Crippen LogP contribution in [0.5, 0.6) is 0 Å². The fourth-order valence-corrected chi connectivity index (χ4v) is 8.49. The van der Waals surface area contributed by atoms with Gasteiger partial charge in [0.15, 0.2) is 6.29 Å². The summed E-state index contributed by atoms with van der Waals surface area (Å²) in [7, 11) is -5.08. The van der Waals surface area contributed by atoms with Gasteiger partial charge in [0.1, 0.15) is 24.4 Å². The van der Waals surface area contributed by atoms with Crippen LogP contribution in [0, 0.1) is 0 Å². The summed E-state index contributed by atoms with van der Waals surface area (Å²) in [6.07, 6.45) is 34.0. The second-order valence-electron chi connectivity index (χ2n) is 17.4. The van der Waals surface area contributed by atoms with Gasteiger partial charge < -0.3 is 35.2 Å². The number of aliphatic hydroxyl groups excluding tert-OH is 4. The van der Waals surface area contributed by atoms with Crippen LogP contribution in [0.3, 0.4) is 0 Å². The Morgan fingerprint density at radius 3 is 1.45 bits per heavy atom. The molecule has 1 rings (SSSR count). The normalized spacial score (nSPS) is 20.8. The lowest BCUT2D eigenvalue weighted by Crippen LogP contribution is -2.61. The van der Waals surface area contributed by atoms with Crippen LogP contribution in [0.25, 0.3) is 0 Å². The molecule has 12 nitrogen and oxygen atoms in total. The number of amides is 1. The van der Waals surface area contributed by atoms with E-state index in [4.69, 9.17) is 9.47 Å². The topological polar surface area (TPSA) is 192 Å². The van der Waals surface area contributed by atoms with Crippen LogP contribution in [0.4, 0.5) is 0 Å². The molecule has 1 fully saturated rings. The predicted molar refractivity (Wildman–Crippen MR) is 241 cm³/mol. The molecule has 7 atom stereocenters. The molecule has 1 amide bonds. The SMILES string of the molecule is CCCCCCCCCCCCCCCCCCCCCC/C=C/C(O)C(COC1OC(CO)C(O)C(OS(=O)(=O)O)C1O)NC(=O)CCCCCCCCCCCCC. The maximum atomic E-state index is 13.0. The summed E-state index contributed by atoms with van der Waals surface area (Å²) in [6.45, 7) is 3.39. The fourth-order valence-electron chi connectivity index (χ4n) is 7.98. The number of rotatable bonds is 42. The van der Waals surface area contributed by atoms with Gasteiger partial charge in [-0.15, -0.1) is 0 Å². The van der Waals surface area contributed by atoms with E-state index < -0.39 is 59.9 Å². The molecule has 6 N–H and O–H groups in total. The van der Waals surface area contributed by atoms with Crippen molar-refractivity contribution in [1.82, 2.24) is 5.32 Å². The van der Waals surface area contributed by atoms with Gasteiger partial charge >= 0.3 is 10.4 Å². The quantitative estimate of drug-likeness (QED) is 0.0194.